The van der Waals surface area contributed by atoms with Crippen LogP contribution in [0.25, 0.3) is 0 Å². The third-order valence-electron chi connectivity index (χ3n) is 7.36. The van der Waals surface area contributed by atoms with Crippen LogP contribution in [0.1, 0.15) is 64.2 Å². The Balaban J connectivity index is 1.28. The Labute approximate surface area is 178 Å². The van der Waals surface area contributed by atoms with Gasteiger partial charge in [0.15, 0.2) is 0 Å². The number of nitrogens with zero attached hydrogens (tertiary/aromatic N) is 3. The molecule has 0 bridgehead atoms. The number of hydrogen-bond donors (Lipinski definition) is 2. The fourth-order valence-electron chi connectivity index (χ4n) is 5.63. The number of carbonyl (C=O) groups is 3. The van der Waals surface area contributed by atoms with Crippen LogP contribution < -0.4 is 5.32 Å². The van der Waals surface area contributed by atoms with Gasteiger partial charge in [-0.3, -0.25) is 19.3 Å². The van der Waals surface area contributed by atoms with Crippen molar-refractivity contribution < 1.29 is 19.5 Å². The lowest BCUT2D eigenvalue weighted by molar-refractivity contribution is -0.139. The summed E-state index contributed by atoms with van der Waals surface area (Å²) in [6.07, 6.45) is 8.76. The van der Waals surface area contributed by atoms with Crippen LogP contribution >= 0.6 is 0 Å². The molecule has 0 aromatic rings. The molecule has 0 spiro atoms. The van der Waals surface area contributed by atoms with Gasteiger partial charge in [-0.15, -0.1) is 0 Å². The van der Waals surface area contributed by atoms with Crippen LogP contribution in [0.5, 0.6) is 0 Å². The van der Waals surface area contributed by atoms with E-state index in [1.54, 1.807) is 4.90 Å². The first-order valence-corrected chi connectivity index (χ1v) is 11.8. The monoisotopic (exact) mass is 420 g/mol. The standard InChI is InChI=1S/C22H36N4O4/c27-18-13-19(22(30)23-16-5-2-1-3-6-16)26(14-18)17-8-11-24(12-9-17)21(29)15-25-10-4-7-20(25)28/h16-19,27H,1-15H2,(H,23,30)/t18-,19+/m1/s1. The van der Waals surface area contributed by atoms with Crippen LogP contribution in [0.4, 0.5) is 0 Å². The maximum absolute atomic E-state index is 12.9. The van der Waals surface area contributed by atoms with Crippen molar-refractivity contribution in [1.29, 1.82) is 0 Å². The lowest BCUT2D eigenvalue weighted by atomic mass is 9.95. The van der Waals surface area contributed by atoms with Gasteiger partial charge in [0.1, 0.15) is 0 Å². The highest BCUT2D eigenvalue weighted by molar-refractivity contribution is 5.86. The molecule has 8 nitrogen and oxygen atoms in total. The summed E-state index contributed by atoms with van der Waals surface area (Å²) < 4.78 is 0. The lowest BCUT2D eigenvalue weighted by Gasteiger charge is -2.39. The summed E-state index contributed by atoms with van der Waals surface area (Å²) in [7, 11) is 0. The van der Waals surface area contributed by atoms with E-state index < -0.39 is 6.10 Å². The second kappa shape index (κ2) is 9.64. The predicted molar refractivity (Wildman–Crippen MR) is 112 cm³/mol. The molecular formula is C22H36N4O4. The summed E-state index contributed by atoms with van der Waals surface area (Å²) in [5.74, 6) is 0.164. The van der Waals surface area contributed by atoms with Crippen molar-refractivity contribution in [3.8, 4) is 0 Å². The van der Waals surface area contributed by atoms with Gasteiger partial charge in [-0.25, -0.2) is 0 Å². The molecule has 2 N–H and O–H groups in total. The molecule has 4 fully saturated rings. The molecule has 168 valence electrons. The smallest absolute Gasteiger partial charge is 0.242 e. The van der Waals surface area contributed by atoms with Gasteiger partial charge >= 0.3 is 0 Å². The molecule has 3 aliphatic heterocycles. The van der Waals surface area contributed by atoms with Gasteiger partial charge < -0.3 is 20.2 Å². The Morgan fingerprint density at radius 1 is 1.00 bits per heavy atom. The van der Waals surface area contributed by atoms with Crippen LogP contribution in [-0.4, -0.2) is 94.5 Å². The summed E-state index contributed by atoms with van der Waals surface area (Å²) in [6.45, 7) is 2.71. The molecule has 1 aliphatic carbocycles. The van der Waals surface area contributed by atoms with Crippen LogP contribution in [0, 0.1) is 0 Å². The third kappa shape index (κ3) is 4.97. The first-order chi connectivity index (χ1) is 14.5. The molecule has 3 amide bonds. The highest BCUT2D eigenvalue weighted by Gasteiger charge is 2.41. The number of amides is 3. The van der Waals surface area contributed by atoms with Crippen molar-refractivity contribution in [2.75, 3.05) is 32.7 Å². The summed E-state index contributed by atoms with van der Waals surface area (Å²) in [6, 6.07) is 0.219. The quantitative estimate of drug-likeness (QED) is 0.675. The van der Waals surface area contributed by atoms with Gasteiger partial charge in [-0.2, -0.15) is 0 Å². The maximum atomic E-state index is 12.9. The summed E-state index contributed by atoms with van der Waals surface area (Å²) in [5.41, 5.74) is 0. The molecule has 0 aromatic carbocycles. The molecular weight excluding hydrogens is 384 g/mol. The average Bonchev–Trinajstić information content (AvgIpc) is 3.34. The molecule has 0 aromatic heterocycles. The van der Waals surface area contributed by atoms with Gasteiger partial charge in [-0.1, -0.05) is 19.3 Å². The largest absolute Gasteiger partial charge is 0.392 e. The number of rotatable bonds is 5. The minimum atomic E-state index is -0.465. The molecule has 0 radical (unpaired) electrons. The highest BCUT2D eigenvalue weighted by Crippen LogP contribution is 2.27. The van der Waals surface area contributed by atoms with E-state index in [4.69, 9.17) is 0 Å². The summed E-state index contributed by atoms with van der Waals surface area (Å²) in [4.78, 5) is 43.0. The number of piperidine rings is 1. The van der Waals surface area contributed by atoms with Crippen LogP contribution in [0.15, 0.2) is 0 Å². The molecule has 2 atom stereocenters. The number of β-amino-alcohol motifs (C(OH)–C–C–N with tert-alkyl or cyclic N) is 1. The Morgan fingerprint density at radius 2 is 1.73 bits per heavy atom. The third-order valence-corrected chi connectivity index (χ3v) is 7.36. The molecule has 4 aliphatic rings. The van der Waals surface area contributed by atoms with E-state index in [2.05, 4.69) is 10.2 Å². The number of aliphatic hydroxyl groups is 1. The molecule has 1 saturated carbocycles. The van der Waals surface area contributed by atoms with Crippen LogP contribution in [0.3, 0.4) is 0 Å². The topological polar surface area (TPSA) is 93.2 Å². The molecule has 8 heteroatoms. The van der Waals surface area contributed by atoms with E-state index in [0.717, 1.165) is 32.1 Å². The van der Waals surface area contributed by atoms with Gasteiger partial charge in [0.05, 0.1) is 18.7 Å². The fraction of sp³-hybridized carbons (Fsp3) is 0.864. The zero-order valence-corrected chi connectivity index (χ0v) is 17.9. The average molecular weight is 421 g/mol. The minimum Gasteiger partial charge on any atom is -0.392 e. The van der Waals surface area contributed by atoms with Gasteiger partial charge in [0.25, 0.3) is 0 Å². The molecule has 0 unspecified atom stereocenters. The van der Waals surface area contributed by atoms with Gasteiger partial charge in [0, 0.05) is 44.7 Å². The number of likely N-dealkylation sites (tertiary alicyclic amines) is 3. The minimum absolute atomic E-state index is 0.0248. The second-order valence-electron chi connectivity index (χ2n) is 9.48. The Kier molecular flexibility index (Phi) is 6.93. The van der Waals surface area contributed by atoms with Crippen molar-refractivity contribution in [3.63, 3.8) is 0 Å². The van der Waals surface area contributed by atoms with Crippen molar-refractivity contribution in [2.24, 2.45) is 0 Å². The van der Waals surface area contributed by atoms with Crippen molar-refractivity contribution in [1.82, 2.24) is 20.0 Å². The highest BCUT2D eigenvalue weighted by atomic mass is 16.3. The van der Waals surface area contributed by atoms with Crippen LogP contribution in [0.2, 0.25) is 0 Å². The zero-order chi connectivity index (χ0) is 21.1. The van der Waals surface area contributed by atoms with Gasteiger partial charge in [-0.05, 0) is 38.5 Å². The predicted octanol–water partition coefficient (Wildman–Crippen LogP) is 0.484. The Bertz CT molecular complexity index is 643. The van der Waals surface area contributed by atoms with Gasteiger partial charge in [0.2, 0.25) is 17.7 Å². The molecule has 4 rings (SSSR count). The number of aliphatic hydroxyl groups excluding tert-OH is 1. The Hall–Kier alpha value is -1.67. The zero-order valence-electron chi connectivity index (χ0n) is 17.9. The van der Waals surface area contributed by atoms with E-state index in [-0.39, 0.29) is 42.4 Å². The fourth-order valence-corrected chi connectivity index (χ4v) is 5.63. The van der Waals surface area contributed by atoms with E-state index in [1.807, 2.05) is 4.90 Å². The van der Waals surface area contributed by atoms with E-state index in [0.29, 0.717) is 39.0 Å². The normalized spacial score (nSPS) is 29.6. The van der Waals surface area contributed by atoms with Crippen molar-refractivity contribution in [2.45, 2.75) is 88.4 Å². The molecule has 3 saturated heterocycles. The molecule has 3 heterocycles. The van der Waals surface area contributed by atoms with E-state index in [1.165, 1.54) is 19.3 Å². The molecule has 30 heavy (non-hydrogen) atoms. The number of carbonyl (C=O) groups excluding carboxylic acids is 3. The van der Waals surface area contributed by atoms with E-state index in [9.17, 15) is 19.5 Å². The summed E-state index contributed by atoms with van der Waals surface area (Å²) in [5, 5.41) is 13.5. The van der Waals surface area contributed by atoms with Crippen LogP contribution in [-0.2, 0) is 14.4 Å². The first kappa shape index (κ1) is 21.6. The number of nitrogens with one attached hydrogen (secondary N) is 1. The van der Waals surface area contributed by atoms with E-state index >= 15 is 0 Å². The Morgan fingerprint density at radius 3 is 2.40 bits per heavy atom. The van der Waals surface area contributed by atoms with Crippen molar-refractivity contribution in [3.05, 3.63) is 0 Å². The lowest BCUT2D eigenvalue weighted by Crippen LogP contribution is -2.54. The maximum Gasteiger partial charge on any atom is 0.242 e. The SMILES string of the molecule is O=C(NC1CCCCC1)[C@@H]1C[C@@H](O)CN1C1CCN(C(=O)CN2CCCC2=O)CC1. The second-order valence-corrected chi connectivity index (χ2v) is 9.48. The van der Waals surface area contributed by atoms with Crippen molar-refractivity contribution >= 4 is 17.7 Å². The first-order valence-electron chi connectivity index (χ1n) is 11.8. The summed E-state index contributed by atoms with van der Waals surface area (Å²) >= 11 is 0. The number of hydrogen-bond acceptors (Lipinski definition) is 5.